The summed E-state index contributed by atoms with van der Waals surface area (Å²) in [6.45, 7) is 0.249. The Labute approximate surface area is 169 Å². The van der Waals surface area contributed by atoms with Crippen molar-refractivity contribution >= 4 is 11.8 Å². The third kappa shape index (κ3) is 6.20. The van der Waals surface area contributed by atoms with Gasteiger partial charge in [0, 0.05) is 36.9 Å². The summed E-state index contributed by atoms with van der Waals surface area (Å²) in [4.78, 5) is 32.3. The minimum Gasteiger partial charge on any atom is -0.394 e. The Balaban J connectivity index is 1.47. The van der Waals surface area contributed by atoms with Crippen molar-refractivity contribution in [3.63, 3.8) is 0 Å². The molecule has 2 amide bonds. The molecule has 8 heteroatoms. The Hall–Kier alpha value is -3.10. The molecule has 0 bridgehead atoms. The summed E-state index contributed by atoms with van der Waals surface area (Å²) in [6.07, 6.45) is 9.80. The number of nitrogens with one attached hydrogen (secondary N) is 2. The number of aliphatic hydroxyl groups excluding tert-OH is 1. The largest absolute Gasteiger partial charge is 0.394 e. The molecule has 3 rings (SSSR count). The summed E-state index contributed by atoms with van der Waals surface area (Å²) in [5.41, 5.74) is 1.57. The third-order valence-electron chi connectivity index (χ3n) is 4.58. The molecule has 3 atom stereocenters. The van der Waals surface area contributed by atoms with Gasteiger partial charge in [0.15, 0.2) is 0 Å². The van der Waals surface area contributed by atoms with Crippen LogP contribution in [0.1, 0.15) is 22.3 Å². The van der Waals surface area contributed by atoms with Crippen molar-refractivity contribution in [2.45, 2.75) is 31.1 Å². The van der Waals surface area contributed by atoms with Gasteiger partial charge in [-0.2, -0.15) is 0 Å². The van der Waals surface area contributed by atoms with E-state index in [0.717, 1.165) is 12.0 Å². The topological polar surface area (TPSA) is 113 Å². The van der Waals surface area contributed by atoms with E-state index in [1.54, 1.807) is 36.7 Å². The lowest BCUT2D eigenvalue weighted by Crippen LogP contribution is -2.49. The van der Waals surface area contributed by atoms with Crippen LogP contribution in [0.25, 0.3) is 0 Å². The molecule has 0 aromatic carbocycles. The molecular formula is C21H24N4O4. The van der Waals surface area contributed by atoms with Crippen molar-refractivity contribution in [2.75, 3.05) is 13.2 Å². The van der Waals surface area contributed by atoms with Crippen molar-refractivity contribution in [3.8, 4) is 0 Å². The average molecular weight is 396 g/mol. The van der Waals surface area contributed by atoms with Crippen LogP contribution >= 0.6 is 0 Å². The van der Waals surface area contributed by atoms with Crippen molar-refractivity contribution in [2.24, 2.45) is 0 Å². The van der Waals surface area contributed by atoms with E-state index in [1.807, 2.05) is 12.1 Å². The van der Waals surface area contributed by atoms with E-state index in [0.29, 0.717) is 12.1 Å². The lowest BCUT2D eigenvalue weighted by molar-refractivity contribution is -0.125. The van der Waals surface area contributed by atoms with Gasteiger partial charge >= 0.3 is 0 Å². The smallest absolute Gasteiger partial charge is 0.251 e. The van der Waals surface area contributed by atoms with Gasteiger partial charge in [0.05, 0.1) is 25.2 Å². The van der Waals surface area contributed by atoms with E-state index in [1.165, 1.54) is 12.4 Å². The quantitative estimate of drug-likeness (QED) is 0.565. The van der Waals surface area contributed by atoms with Crippen LogP contribution in [0.3, 0.4) is 0 Å². The average Bonchev–Trinajstić information content (AvgIpc) is 2.76. The molecule has 0 unspecified atom stereocenters. The van der Waals surface area contributed by atoms with Crippen LogP contribution in [-0.4, -0.2) is 58.3 Å². The van der Waals surface area contributed by atoms with E-state index in [2.05, 4.69) is 20.6 Å². The SMILES string of the molecule is O=C(C[C@@H]1C=C[C@H](NC(=O)c2ccncc2)[C@H](CO)O1)NCCc1ccncc1. The van der Waals surface area contributed by atoms with Gasteiger partial charge in [-0.3, -0.25) is 19.6 Å². The first kappa shape index (κ1) is 20.6. The predicted molar refractivity (Wildman–Crippen MR) is 106 cm³/mol. The van der Waals surface area contributed by atoms with Crippen LogP contribution in [0.5, 0.6) is 0 Å². The molecular weight excluding hydrogens is 372 g/mol. The highest BCUT2D eigenvalue weighted by Gasteiger charge is 2.29. The minimum absolute atomic E-state index is 0.135. The second-order valence-corrected chi connectivity index (χ2v) is 6.68. The van der Waals surface area contributed by atoms with Crippen LogP contribution in [0, 0.1) is 0 Å². The first-order chi connectivity index (χ1) is 14.2. The fraction of sp³-hybridized carbons (Fsp3) is 0.333. The summed E-state index contributed by atoms with van der Waals surface area (Å²) in [6, 6.07) is 6.55. The van der Waals surface area contributed by atoms with E-state index < -0.39 is 18.2 Å². The standard InChI is InChI=1S/C21H24N4O4/c26-14-19-18(25-21(28)16-6-10-23-11-7-16)2-1-17(29-19)13-20(27)24-12-5-15-3-8-22-9-4-15/h1-4,6-11,17-19,26H,5,12-14H2,(H,24,27)(H,25,28)/t17-,18-,19-/m0/s1. The number of nitrogens with zero attached hydrogens (tertiary/aromatic N) is 2. The number of aromatic nitrogens is 2. The molecule has 8 nitrogen and oxygen atoms in total. The Kier molecular flexibility index (Phi) is 7.43. The van der Waals surface area contributed by atoms with Gasteiger partial charge < -0.3 is 20.5 Å². The summed E-state index contributed by atoms with van der Waals surface area (Å²) >= 11 is 0. The Morgan fingerprint density at radius 1 is 1.03 bits per heavy atom. The van der Waals surface area contributed by atoms with Gasteiger partial charge in [-0.05, 0) is 36.2 Å². The second-order valence-electron chi connectivity index (χ2n) is 6.68. The molecule has 2 aromatic heterocycles. The number of hydrogen-bond acceptors (Lipinski definition) is 6. The molecule has 0 saturated heterocycles. The van der Waals surface area contributed by atoms with E-state index in [4.69, 9.17) is 4.74 Å². The molecule has 152 valence electrons. The summed E-state index contributed by atoms with van der Waals surface area (Å²) in [5.74, 6) is -0.416. The molecule has 0 spiro atoms. The van der Waals surface area contributed by atoms with Crippen LogP contribution in [0.4, 0.5) is 0 Å². The molecule has 0 fully saturated rings. The van der Waals surface area contributed by atoms with Gasteiger partial charge in [0.1, 0.15) is 6.10 Å². The van der Waals surface area contributed by atoms with Gasteiger partial charge in [-0.1, -0.05) is 12.2 Å². The number of carbonyl (C=O) groups is 2. The van der Waals surface area contributed by atoms with Crippen LogP contribution < -0.4 is 10.6 Å². The van der Waals surface area contributed by atoms with Gasteiger partial charge in [0.2, 0.25) is 5.91 Å². The first-order valence-electron chi connectivity index (χ1n) is 9.47. The lowest BCUT2D eigenvalue weighted by atomic mass is 10.0. The molecule has 0 radical (unpaired) electrons. The van der Waals surface area contributed by atoms with Crippen LogP contribution in [-0.2, 0) is 16.0 Å². The fourth-order valence-corrected chi connectivity index (χ4v) is 3.02. The zero-order chi connectivity index (χ0) is 20.5. The Bertz CT molecular complexity index is 829. The highest BCUT2D eigenvalue weighted by Crippen LogP contribution is 2.16. The van der Waals surface area contributed by atoms with Crippen molar-refractivity contribution in [1.29, 1.82) is 0 Å². The predicted octanol–water partition coefficient (Wildman–Crippen LogP) is 0.640. The number of amides is 2. The lowest BCUT2D eigenvalue weighted by Gasteiger charge is -2.31. The van der Waals surface area contributed by atoms with Crippen LogP contribution in [0.2, 0.25) is 0 Å². The zero-order valence-corrected chi connectivity index (χ0v) is 15.9. The van der Waals surface area contributed by atoms with Crippen molar-refractivity contribution < 1.29 is 19.4 Å². The second kappa shape index (κ2) is 10.4. The molecule has 0 saturated carbocycles. The van der Waals surface area contributed by atoms with Crippen molar-refractivity contribution in [3.05, 3.63) is 72.3 Å². The number of rotatable bonds is 8. The molecule has 3 heterocycles. The highest BCUT2D eigenvalue weighted by atomic mass is 16.5. The maximum absolute atomic E-state index is 12.3. The summed E-state index contributed by atoms with van der Waals surface area (Å²) in [5, 5.41) is 15.3. The first-order valence-corrected chi connectivity index (χ1v) is 9.47. The number of pyridine rings is 2. The molecule has 29 heavy (non-hydrogen) atoms. The molecule has 2 aromatic rings. The third-order valence-corrected chi connectivity index (χ3v) is 4.58. The maximum atomic E-state index is 12.3. The normalized spacial score (nSPS) is 20.8. The van der Waals surface area contributed by atoms with Crippen LogP contribution in [0.15, 0.2) is 61.2 Å². The highest BCUT2D eigenvalue weighted by molar-refractivity contribution is 5.94. The van der Waals surface area contributed by atoms with Gasteiger partial charge in [-0.25, -0.2) is 0 Å². The zero-order valence-electron chi connectivity index (χ0n) is 15.9. The number of ether oxygens (including phenoxy) is 1. The summed E-state index contributed by atoms with van der Waals surface area (Å²) < 4.78 is 5.79. The Morgan fingerprint density at radius 2 is 1.72 bits per heavy atom. The monoisotopic (exact) mass is 396 g/mol. The van der Waals surface area contributed by atoms with Gasteiger partial charge in [-0.15, -0.1) is 0 Å². The number of hydrogen-bond donors (Lipinski definition) is 3. The number of aliphatic hydroxyl groups is 1. The number of carbonyl (C=O) groups excluding carboxylic acids is 2. The van der Waals surface area contributed by atoms with E-state index in [9.17, 15) is 14.7 Å². The van der Waals surface area contributed by atoms with Gasteiger partial charge in [0.25, 0.3) is 5.91 Å². The maximum Gasteiger partial charge on any atom is 0.251 e. The minimum atomic E-state index is -0.625. The molecule has 0 aliphatic carbocycles. The summed E-state index contributed by atoms with van der Waals surface area (Å²) in [7, 11) is 0. The fourth-order valence-electron chi connectivity index (χ4n) is 3.02. The van der Waals surface area contributed by atoms with Crippen molar-refractivity contribution in [1.82, 2.24) is 20.6 Å². The Morgan fingerprint density at radius 3 is 2.41 bits per heavy atom. The molecule has 3 N–H and O–H groups in total. The van der Waals surface area contributed by atoms with E-state index in [-0.39, 0.29) is 24.8 Å². The van der Waals surface area contributed by atoms with E-state index >= 15 is 0 Å². The molecule has 1 aliphatic heterocycles. The molecule has 1 aliphatic rings.